The summed E-state index contributed by atoms with van der Waals surface area (Å²) >= 11 is 0. The van der Waals surface area contributed by atoms with Crippen LogP contribution < -0.4 is 19.6 Å². The molecule has 0 amide bonds. The van der Waals surface area contributed by atoms with Gasteiger partial charge in [0, 0.05) is 97.4 Å². The zero-order valence-corrected chi connectivity index (χ0v) is 92.1. The van der Waals surface area contributed by atoms with Crippen LogP contribution in [0.2, 0.25) is 0 Å². The molecule has 0 atom stereocenters. The Hall–Kier alpha value is -11.7. The third-order valence-electron chi connectivity index (χ3n) is 28.4. The molecule has 0 spiro atoms. The second kappa shape index (κ2) is 73.4. The number of nitrogens with zero attached hydrogens (tertiary/aromatic N) is 4. The summed E-state index contributed by atoms with van der Waals surface area (Å²) in [6, 6.07) is 68.5. The summed E-state index contributed by atoms with van der Waals surface area (Å²) in [5, 5.41) is 0. The number of carbonyl (C=O) groups excluding carboxylic acids is 2. The maximum Gasteiger partial charge on any atom is 0.340 e. The van der Waals surface area contributed by atoms with Crippen LogP contribution in [-0.4, -0.2) is 78.5 Å². The lowest BCUT2D eigenvalue weighted by Gasteiger charge is -2.25. The van der Waals surface area contributed by atoms with Crippen molar-refractivity contribution in [3.05, 3.63) is 294 Å². The van der Waals surface area contributed by atoms with Gasteiger partial charge < -0.3 is 29.1 Å². The molecule has 0 aliphatic rings. The molecule has 9 aromatic rings. The highest BCUT2D eigenvalue weighted by Crippen LogP contribution is 2.33. The summed E-state index contributed by atoms with van der Waals surface area (Å²) in [5.41, 5.74) is 17.0. The first kappa shape index (κ1) is 118. The third kappa shape index (κ3) is 45.3. The van der Waals surface area contributed by atoms with Crippen LogP contribution in [0.25, 0.3) is 48.6 Å². The molecule has 0 saturated heterocycles. The van der Waals surface area contributed by atoms with Crippen molar-refractivity contribution in [2.24, 2.45) is 0 Å². The molecule has 8 heteroatoms. The number of ether oxygens (including phenoxy) is 2. The van der Waals surface area contributed by atoms with Crippen molar-refractivity contribution in [3.8, 4) is 47.4 Å². The van der Waals surface area contributed by atoms with Crippen molar-refractivity contribution in [2.75, 3.05) is 86.2 Å². The zero-order valence-electron chi connectivity index (χ0n) is 92.1. The standard InChI is InChI=1S/C138H182N4O4/c1-11-19-27-35-43-51-107-139(108-52-44-36-28-20-12-2)127-95-83-123(84-96-127)79-67-115-59-71-119(72-60-115)91-103-131-132(104-92-120-73-61-116(62-74-120)68-80-124-85-97-128(98-86-124)140(109-53-45-37-29-21-13-3)110-54-46-38-30-22-14-4)136(138(144)146-10)134(106-94-122-77-65-118(66-78-122)70-82-126-89-101-130(102-90-126)142(113-57-49-41-33-25-17-7)114-58-50-42-34-26-18-8)133(135(131)137(143)145-9)105-93-121-75-63-117(64-76-121)69-81-125-87-99-129(100-88-125)141(111-55-47-39-31-23-15-5)112-56-48-40-32-24-16-6/h59-90,95-102H,11-58,107-114H2,1-10H3/b79-67+,80-68+,81-69+,82-70+. The molecule has 0 bridgehead atoms. The van der Waals surface area contributed by atoms with Gasteiger partial charge in [0.15, 0.2) is 0 Å². The molecule has 0 radical (unpaired) electrons. The number of hydrogen-bond acceptors (Lipinski definition) is 8. The number of carbonyl (C=O) groups is 2. The number of methoxy groups -OCH3 is 2. The van der Waals surface area contributed by atoms with E-state index < -0.39 is 11.9 Å². The van der Waals surface area contributed by atoms with Crippen LogP contribution >= 0.6 is 0 Å². The Kier molecular flexibility index (Phi) is 59.3. The number of benzene rings is 9. The Morgan fingerprint density at radius 2 is 0.315 bits per heavy atom. The molecule has 0 aromatic heterocycles. The van der Waals surface area contributed by atoms with Crippen molar-refractivity contribution in [1.29, 1.82) is 0 Å². The third-order valence-corrected chi connectivity index (χ3v) is 28.4. The number of unbranched alkanes of at least 4 members (excludes halogenated alkanes) is 40. The molecular formula is C138H182N4O4. The van der Waals surface area contributed by atoms with Crippen LogP contribution in [0.15, 0.2) is 194 Å². The Morgan fingerprint density at radius 1 is 0.185 bits per heavy atom. The summed E-state index contributed by atoms with van der Waals surface area (Å²) in [6.45, 7) is 27.0. The molecule has 0 N–H and O–H groups in total. The molecule has 9 aromatic carbocycles. The minimum Gasteiger partial charge on any atom is -0.465 e. The van der Waals surface area contributed by atoms with Gasteiger partial charge in [0.1, 0.15) is 0 Å². The van der Waals surface area contributed by atoms with E-state index in [9.17, 15) is 0 Å². The molecule has 8 nitrogen and oxygen atoms in total. The fourth-order valence-corrected chi connectivity index (χ4v) is 19.2. The highest BCUT2D eigenvalue weighted by atomic mass is 16.5. The monoisotopic (exact) mass is 1960 g/mol. The normalized spacial score (nSPS) is 11.2. The highest BCUT2D eigenvalue weighted by molar-refractivity contribution is 6.04. The summed E-state index contributed by atoms with van der Waals surface area (Å²) < 4.78 is 11.7. The fourth-order valence-electron chi connectivity index (χ4n) is 19.2. The SMILES string of the molecule is CCCCCCCCN(CCCCCCCC)c1ccc(/C=C/c2ccc(C#Cc3c(C#Cc4ccc(/C=C/c5ccc(N(CCCCCCCC)CCCCCCCC)cc5)cc4)c(C(=O)OC)c(C#Cc4ccc(/C=C/c5ccc(N(CCCCCCCC)CCCCCCCC)cc5)cc4)c(C#Cc4ccc(/C=C/c5ccc(N(CCCCCCCC)CCCCCCCC)cc5)cc4)c3C(=O)OC)cc2)cc1. The van der Waals surface area contributed by atoms with E-state index in [1.54, 1.807) is 0 Å². The summed E-state index contributed by atoms with van der Waals surface area (Å²) in [7, 11) is 2.72. The van der Waals surface area contributed by atoms with E-state index in [2.05, 4.69) is 317 Å². The van der Waals surface area contributed by atoms with Gasteiger partial charge in [0.05, 0.1) is 47.6 Å². The van der Waals surface area contributed by atoms with Gasteiger partial charge in [-0.15, -0.1) is 0 Å². The largest absolute Gasteiger partial charge is 0.465 e. The van der Waals surface area contributed by atoms with Crippen molar-refractivity contribution in [1.82, 2.24) is 0 Å². The highest BCUT2D eigenvalue weighted by Gasteiger charge is 2.30. The van der Waals surface area contributed by atoms with E-state index >= 15 is 9.59 Å². The van der Waals surface area contributed by atoms with E-state index in [1.807, 2.05) is 48.5 Å². The van der Waals surface area contributed by atoms with Gasteiger partial charge in [-0.1, -0.05) is 505 Å². The predicted molar refractivity (Wildman–Crippen MR) is 636 cm³/mol. The molecule has 0 heterocycles. The van der Waals surface area contributed by atoms with E-state index in [0.29, 0.717) is 22.3 Å². The first-order valence-electron chi connectivity index (χ1n) is 57.9. The quantitative estimate of drug-likeness (QED) is 0.0162. The molecule has 9 rings (SSSR count). The van der Waals surface area contributed by atoms with Crippen LogP contribution in [-0.2, 0) is 9.47 Å². The summed E-state index contributed by atoms with van der Waals surface area (Å²) in [4.78, 5) is 41.2. The lowest BCUT2D eigenvalue weighted by molar-refractivity contribution is 0.0585. The van der Waals surface area contributed by atoms with Gasteiger partial charge in [0.25, 0.3) is 0 Å². The van der Waals surface area contributed by atoms with Crippen molar-refractivity contribution in [2.45, 2.75) is 364 Å². The average Bonchev–Trinajstić information content (AvgIpc) is 0.747. The van der Waals surface area contributed by atoms with E-state index in [4.69, 9.17) is 9.47 Å². The molecule has 0 aliphatic carbocycles. The van der Waals surface area contributed by atoms with Gasteiger partial charge >= 0.3 is 11.9 Å². The molecule has 0 fully saturated rings. The van der Waals surface area contributed by atoms with Crippen LogP contribution in [0.5, 0.6) is 0 Å². The summed E-state index contributed by atoms with van der Waals surface area (Å²) in [5.74, 6) is 26.1. The topological polar surface area (TPSA) is 65.6 Å². The van der Waals surface area contributed by atoms with Gasteiger partial charge in [0.2, 0.25) is 0 Å². The number of anilines is 4. The Labute approximate surface area is 887 Å². The van der Waals surface area contributed by atoms with Crippen molar-refractivity contribution in [3.63, 3.8) is 0 Å². The van der Waals surface area contributed by atoms with Crippen molar-refractivity contribution < 1.29 is 19.1 Å². The van der Waals surface area contributed by atoms with Crippen LogP contribution in [0.4, 0.5) is 22.7 Å². The Balaban J connectivity index is 1.11. The number of esters is 2. The van der Waals surface area contributed by atoms with Gasteiger partial charge in [-0.05, 0) is 193 Å². The van der Waals surface area contributed by atoms with Gasteiger partial charge in [-0.25, -0.2) is 9.59 Å². The van der Waals surface area contributed by atoms with E-state index in [0.717, 1.165) is 96.9 Å². The number of hydrogen-bond donors (Lipinski definition) is 0. The molecule has 0 aliphatic heterocycles. The number of rotatable bonds is 70. The summed E-state index contributed by atoms with van der Waals surface area (Å²) in [6.07, 6.45) is 78.8. The molecular weight excluding hydrogens is 1780 g/mol. The first-order chi connectivity index (χ1) is 71.9. The maximum atomic E-state index is 15.4. The minimum atomic E-state index is -0.719. The zero-order chi connectivity index (χ0) is 103. The van der Waals surface area contributed by atoms with Gasteiger partial charge in [-0.2, -0.15) is 0 Å². The minimum absolute atomic E-state index is 0.0273. The first-order valence-corrected chi connectivity index (χ1v) is 57.9. The average molecular weight is 1960 g/mol. The smallest absolute Gasteiger partial charge is 0.340 e. The molecule has 778 valence electrons. The molecule has 146 heavy (non-hydrogen) atoms. The second-order valence-electron chi connectivity index (χ2n) is 40.5. The fraction of sp³-hybridized carbons (Fsp3) is 0.478. The Bertz CT molecular complexity index is 4780. The molecule has 0 unspecified atom stereocenters. The van der Waals surface area contributed by atoms with Crippen molar-refractivity contribution >= 4 is 83.3 Å². The van der Waals surface area contributed by atoms with Crippen LogP contribution in [0.1, 0.15) is 473 Å². The van der Waals surface area contributed by atoms with Crippen LogP contribution in [0, 0.1) is 47.4 Å². The Morgan fingerprint density at radius 3 is 0.452 bits per heavy atom. The lowest BCUT2D eigenvalue weighted by Crippen LogP contribution is -2.25. The van der Waals surface area contributed by atoms with E-state index in [1.165, 1.54) is 345 Å². The maximum absolute atomic E-state index is 15.4. The van der Waals surface area contributed by atoms with Crippen LogP contribution in [0.3, 0.4) is 0 Å². The second-order valence-corrected chi connectivity index (χ2v) is 40.5. The van der Waals surface area contributed by atoms with E-state index in [-0.39, 0.29) is 33.4 Å². The van der Waals surface area contributed by atoms with Gasteiger partial charge in [-0.3, -0.25) is 0 Å². The molecule has 0 saturated carbocycles. The lowest BCUT2D eigenvalue weighted by atomic mass is 9.86. The predicted octanol–water partition coefficient (Wildman–Crippen LogP) is 37.7.